The molecule has 0 aromatic carbocycles. The molecule has 0 heterocycles. The molecule has 0 aliphatic heterocycles. The van der Waals surface area contributed by atoms with Crippen LogP contribution >= 0.6 is 0 Å². The lowest BCUT2D eigenvalue weighted by atomic mass is 9.53. The molecule has 0 bridgehead atoms. The molecule has 0 radical (unpaired) electrons. The van der Waals surface area contributed by atoms with Crippen molar-refractivity contribution in [1.82, 2.24) is 0 Å². The fourth-order valence-electron chi connectivity index (χ4n) is 6.53. The maximum atomic E-state index is 10.8. The van der Waals surface area contributed by atoms with Gasteiger partial charge in [-0.1, -0.05) is 57.1 Å². The smallest absolute Gasteiger partial charge is 0.328 e. The van der Waals surface area contributed by atoms with Gasteiger partial charge in [0, 0.05) is 6.08 Å². The lowest BCUT2D eigenvalue weighted by Crippen LogP contribution is -2.49. The van der Waals surface area contributed by atoms with E-state index in [1.165, 1.54) is 18.1 Å². The fourth-order valence-corrected chi connectivity index (χ4v) is 6.53. The third-order valence-electron chi connectivity index (χ3n) is 7.74. The number of carboxylic acid groups (broad SMARTS) is 1. The van der Waals surface area contributed by atoms with Crippen LogP contribution in [0.15, 0.2) is 36.0 Å². The van der Waals surface area contributed by atoms with Crippen LogP contribution < -0.4 is 0 Å². The maximum Gasteiger partial charge on any atom is 0.328 e. The standard InChI is InChI=1S/C24H36O3/c1-5-6-9-16(3)23-17(10-7-8-11-20(26)27)21-15(2)12-13-19(25)22(21)18-14-24(18,23)4/h7-11,15,17-19,21-23,25H,5-6,12-14H2,1-4H3,(H,26,27)/b10-7+,11-8+,16-9-/t15-,17-,18+,19-,21-,22-,23-,24+/m0/s1. The highest BCUT2D eigenvalue weighted by Gasteiger charge is 2.68. The Morgan fingerprint density at radius 3 is 2.63 bits per heavy atom. The molecule has 2 N–H and O–H groups in total. The summed E-state index contributed by atoms with van der Waals surface area (Å²) in [4.78, 5) is 10.8. The highest BCUT2D eigenvalue weighted by atomic mass is 16.4. The topological polar surface area (TPSA) is 57.5 Å². The lowest BCUT2D eigenvalue weighted by Gasteiger charge is -2.52. The number of rotatable bonds is 6. The first kappa shape index (κ1) is 20.4. The molecule has 3 aliphatic carbocycles. The summed E-state index contributed by atoms with van der Waals surface area (Å²) in [6.45, 7) is 9.28. The minimum atomic E-state index is -0.910. The van der Waals surface area contributed by atoms with Crippen LogP contribution in [0.1, 0.15) is 59.8 Å². The zero-order valence-corrected chi connectivity index (χ0v) is 17.3. The van der Waals surface area contributed by atoms with Crippen molar-refractivity contribution >= 4 is 5.97 Å². The van der Waals surface area contributed by atoms with Crippen LogP contribution in [0, 0.1) is 40.9 Å². The number of carbonyl (C=O) groups is 1. The summed E-state index contributed by atoms with van der Waals surface area (Å²) in [6, 6.07) is 0. The molecule has 150 valence electrons. The average molecular weight is 373 g/mol. The molecule has 3 rings (SSSR count). The second-order valence-corrected chi connectivity index (χ2v) is 9.47. The summed E-state index contributed by atoms with van der Waals surface area (Å²) >= 11 is 0. The second kappa shape index (κ2) is 7.95. The number of aliphatic carboxylic acids is 1. The van der Waals surface area contributed by atoms with Crippen LogP contribution in [0.2, 0.25) is 0 Å². The van der Waals surface area contributed by atoms with E-state index in [0.29, 0.717) is 35.5 Å². The number of allylic oxidation sites excluding steroid dienone is 5. The quantitative estimate of drug-likeness (QED) is 0.381. The van der Waals surface area contributed by atoms with Crippen molar-refractivity contribution in [2.75, 3.05) is 0 Å². The number of hydrogen-bond donors (Lipinski definition) is 2. The molecule has 0 spiro atoms. The van der Waals surface area contributed by atoms with Gasteiger partial charge in [0.25, 0.3) is 0 Å². The average Bonchev–Trinajstić information content (AvgIpc) is 3.30. The SMILES string of the molecule is CCC/C=C(/C)[C@H]1[C@@H](/C=C/C=C/C(=O)O)[C@H]2[C@@H]([C@H]3C[C@]31C)[C@@H](O)CC[C@@H]2C. The predicted molar refractivity (Wildman–Crippen MR) is 109 cm³/mol. The summed E-state index contributed by atoms with van der Waals surface area (Å²) in [5.41, 5.74) is 1.77. The largest absolute Gasteiger partial charge is 0.478 e. The molecule has 0 aromatic rings. The fraction of sp³-hybridized carbons (Fsp3) is 0.708. The van der Waals surface area contributed by atoms with E-state index in [-0.39, 0.29) is 11.5 Å². The van der Waals surface area contributed by atoms with Gasteiger partial charge in [-0.2, -0.15) is 0 Å². The van der Waals surface area contributed by atoms with Crippen molar-refractivity contribution in [3.8, 4) is 0 Å². The first-order valence-corrected chi connectivity index (χ1v) is 10.7. The van der Waals surface area contributed by atoms with Gasteiger partial charge in [0.15, 0.2) is 0 Å². The van der Waals surface area contributed by atoms with E-state index in [4.69, 9.17) is 5.11 Å². The van der Waals surface area contributed by atoms with Crippen molar-refractivity contribution in [2.24, 2.45) is 40.9 Å². The molecule has 0 saturated heterocycles. The molecule has 0 aromatic heterocycles. The Hall–Kier alpha value is -1.35. The van der Waals surface area contributed by atoms with Gasteiger partial charge in [-0.05, 0) is 73.5 Å². The van der Waals surface area contributed by atoms with Crippen LogP contribution in [0.5, 0.6) is 0 Å². The number of unbranched alkanes of at least 4 members (excludes halogenated alkanes) is 1. The Kier molecular flexibility index (Phi) is 6.00. The van der Waals surface area contributed by atoms with E-state index >= 15 is 0 Å². The second-order valence-electron chi connectivity index (χ2n) is 9.47. The first-order valence-electron chi connectivity index (χ1n) is 10.7. The summed E-state index contributed by atoms with van der Waals surface area (Å²) in [5, 5.41) is 19.7. The van der Waals surface area contributed by atoms with Crippen molar-refractivity contribution in [3.05, 3.63) is 36.0 Å². The highest BCUT2D eigenvalue weighted by Crippen LogP contribution is 2.73. The molecule has 0 unspecified atom stereocenters. The van der Waals surface area contributed by atoms with E-state index in [1.807, 2.05) is 6.08 Å². The van der Waals surface area contributed by atoms with Crippen LogP contribution in [0.4, 0.5) is 0 Å². The minimum absolute atomic E-state index is 0.177. The molecular formula is C24H36O3. The molecule has 27 heavy (non-hydrogen) atoms. The van der Waals surface area contributed by atoms with E-state index in [1.54, 1.807) is 6.08 Å². The van der Waals surface area contributed by atoms with Gasteiger partial charge in [-0.3, -0.25) is 0 Å². The maximum absolute atomic E-state index is 10.8. The van der Waals surface area contributed by atoms with Crippen LogP contribution in [-0.4, -0.2) is 22.3 Å². The molecule has 0 amide bonds. The summed E-state index contributed by atoms with van der Waals surface area (Å²) in [6.07, 6.45) is 14.8. The van der Waals surface area contributed by atoms with Gasteiger partial charge in [0.1, 0.15) is 0 Å². The van der Waals surface area contributed by atoms with Crippen LogP contribution in [0.25, 0.3) is 0 Å². The van der Waals surface area contributed by atoms with Gasteiger partial charge in [0.05, 0.1) is 6.10 Å². The van der Waals surface area contributed by atoms with Gasteiger partial charge in [-0.15, -0.1) is 0 Å². The minimum Gasteiger partial charge on any atom is -0.478 e. The van der Waals surface area contributed by atoms with Gasteiger partial charge in [0.2, 0.25) is 0 Å². The Balaban J connectivity index is 1.98. The molecule has 3 aliphatic rings. The Morgan fingerprint density at radius 2 is 1.96 bits per heavy atom. The van der Waals surface area contributed by atoms with E-state index < -0.39 is 5.97 Å². The van der Waals surface area contributed by atoms with Crippen LogP contribution in [-0.2, 0) is 4.79 Å². The monoisotopic (exact) mass is 372 g/mol. The molecule has 3 fully saturated rings. The lowest BCUT2D eigenvalue weighted by molar-refractivity contribution is -0.131. The van der Waals surface area contributed by atoms with Crippen molar-refractivity contribution in [2.45, 2.75) is 65.9 Å². The molecule has 3 heteroatoms. The normalized spacial score (nSPS) is 44.3. The number of fused-ring (bicyclic) bond motifs is 3. The van der Waals surface area contributed by atoms with Crippen molar-refractivity contribution in [3.63, 3.8) is 0 Å². The van der Waals surface area contributed by atoms with E-state index in [0.717, 1.165) is 25.7 Å². The number of hydrogen-bond acceptors (Lipinski definition) is 2. The number of aliphatic hydroxyl groups is 1. The third-order valence-corrected chi connectivity index (χ3v) is 7.74. The predicted octanol–water partition coefficient (Wildman–Crippen LogP) is 5.23. The third kappa shape index (κ3) is 3.81. The Bertz CT molecular complexity index is 646. The van der Waals surface area contributed by atoms with E-state index in [9.17, 15) is 9.90 Å². The van der Waals surface area contributed by atoms with Gasteiger partial charge in [-0.25, -0.2) is 4.79 Å². The summed E-state index contributed by atoms with van der Waals surface area (Å²) < 4.78 is 0. The molecular weight excluding hydrogens is 336 g/mol. The molecule has 3 saturated carbocycles. The Labute approximate surface area is 164 Å². The summed E-state index contributed by atoms with van der Waals surface area (Å²) in [7, 11) is 0. The number of carboxylic acids is 1. The van der Waals surface area contributed by atoms with Gasteiger partial charge < -0.3 is 10.2 Å². The molecule has 3 nitrogen and oxygen atoms in total. The van der Waals surface area contributed by atoms with Crippen molar-refractivity contribution < 1.29 is 15.0 Å². The summed E-state index contributed by atoms with van der Waals surface area (Å²) in [5.74, 6) is 2.07. The molecule has 8 atom stereocenters. The zero-order chi connectivity index (χ0) is 19.8. The van der Waals surface area contributed by atoms with Gasteiger partial charge >= 0.3 is 5.97 Å². The first-order chi connectivity index (χ1) is 12.8. The van der Waals surface area contributed by atoms with Crippen LogP contribution in [0.3, 0.4) is 0 Å². The van der Waals surface area contributed by atoms with Crippen molar-refractivity contribution in [1.29, 1.82) is 0 Å². The Morgan fingerprint density at radius 1 is 1.22 bits per heavy atom. The number of aliphatic hydroxyl groups excluding tert-OH is 1. The highest BCUT2D eigenvalue weighted by molar-refractivity contribution is 5.80. The van der Waals surface area contributed by atoms with E-state index in [2.05, 4.69) is 39.8 Å². The zero-order valence-electron chi connectivity index (χ0n) is 17.3.